The highest BCUT2D eigenvalue weighted by atomic mass is 35.5. The minimum atomic E-state index is -4.61. The number of ether oxygens (including phenoxy) is 1. The molecule has 4 nitrogen and oxygen atoms in total. The molecule has 1 aliphatic rings. The summed E-state index contributed by atoms with van der Waals surface area (Å²) in [6, 6.07) is 3.32. The Kier molecular flexibility index (Phi) is 5.62. The van der Waals surface area contributed by atoms with Crippen LogP contribution in [-0.4, -0.2) is 29.7 Å². The van der Waals surface area contributed by atoms with Gasteiger partial charge in [-0.1, -0.05) is 11.6 Å². The number of hydrogen-bond acceptors (Lipinski definition) is 4. The second-order valence-corrected chi connectivity index (χ2v) is 6.42. The van der Waals surface area contributed by atoms with Crippen molar-refractivity contribution >= 4 is 17.4 Å². The first-order valence-electron chi connectivity index (χ1n) is 8.06. The number of aromatic nitrogens is 2. The Hall–Kier alpha value is -1.93. The van der Waals surface area contributed by atoms with Crippen LogP contribution < -0.4 is 5.32 Å². The molecule has 1 aliphatic heterocycles. The summed E-state index contributed by atoms with van der Waals surface area (Å²) in [5.74, 6) is -0.887. The minimum Gasteiger partial charge on any atom is -0.381 e. The molecular weight excluding hydrogens is 374 g/mol. The van der Waals surface area contributed by atoms with Gasteiger partial charge in [0.05, 0.1) is 16.3 Å². The molecule has 0 bridgehead atoms. The van der Waals surface area contributed by atoms with Crippen LogP contribution >= 0.6 is 11.6 Å². The van der Waals surface area contributed by atoms with Gasteiger partial charge in [-0.2, -0.15) is 17.6 Å². The first kappa shape index (κ1) is 18.8. The highest BCUT2D eigenvalue weighted by molar-refractivity contribution is 6.33. The molecular formula is C17H16ClF4N3O. The third-order valence-corrected chi connectivity index (χ3v) is 4.47. The Labute approximate surface area is 152 Å². The molecule has 0 radical (unpaired) electrons. The van der Waals surface area contributed by atoms with Gasteiger partial charge in [0.15, 0.2) is 0 Å². The van der Waals surface area contributed by atoms with Gasteiger partial charge in [0, 0.05) is 37.6 Å². The van der Waals surface area contributed by atoms with Crippen molar-refractivity contribution in [3.05, 3.63) is 40.9 Å². The number of nitrogens with one attached hydrogen (secondary N) is 1. The molecule has 0 amide bonds. The lowest BCUT2D eigenvalue weighted by Crippen LogP contribution is -2.24. The molecule has 0 aromatic carbocycles. The lowest BCUT2D eigenvalue weighted by Gasteiger charge is -2.23. The van der Waals surface area contributed by atoms with Crippen LogP contribution in [0.3, 0.4) is 0 Å². The third kappa shape index (κ3) is 4.42. The van der Waals surface area contributed by atoms with Gasteiger partial charge in [0.25, 0.3) is 0 Å². The molecule has 0 aliphatic carbocycles. The largest absolute Gasteiger partial charge is 0.420 e. The second-order valence-electron chi connectivity index (χ2n) is 6.02. The standard InChI is InChI=1S/C17H16ClF4N3O/c18-13-8-12(17(20,21)22)16(24-9-10-2-5-26-6-3-10)25-15(13)11-1-4-23-14(19)7-11/h1,4,7-8,10H,2-3,5-6,9H2,(H,24,25). The Morgan fingerprint density at radius 1 is 1.23 bits per heavy atom. The number of nitrogens with zero attached hydrogens (tertiary/aromatic N) is 2. The predicted octanol–water partition coefficient (Wildman–Crippen LogP) is 4.79. The van der Waals surface area contributed by atoms with Crippen molar-refractivity contribution in [1.82, 2.24) is 9.97 Å². The van der Waals surface area contributed by atoms with E-state index in [2.05, 4.69) is 15.3 Å². The van der Waals surface area contributed by atoms with Crippen LogP contribution in [0, 0.1) is 11.9 Å². The third-order valence-electron chi connectivity index (χ3n) is 4.18. The van der Waals surface area contributed by atoms with Gasteiger partial charge in [0.1, 0.15) is 5.82 Å². The van der Waals surface area contributed by atoms with Crippen LogP contribution in [0.1, 0.15) is 18.4 Å². The first-order valence-corrected chi connectivity index (χ1v) is 8.43. The summed E-state index contributed by atoms with van der Waals surface area (Å²) in [5.41, 5.74) is -0.631. The van der Waals surface area contributed by atoms with Crippen molar-refractivity contribution in [2.24, 2.45) is 5.92 Å². The van der Waals surface area contributed by atoms with Gasteiger partial charge in [-0.25, -0.2) is 9.97 Å². The van der Waals surface area contributed by atoms with Crippen molar-refractivity contribution < 1.29 is 22.3 Å². The summed E-state index contributed by atoms with van der Waals surface area (Å²) in [5, 5.41) is 2.58. The highest BCUT2D eigenvalue weighted by Gasteiger charge is 2.35. The molecule has 3 heterocycles. The van der Waals surface area contributed by atoms with Gasteiger partial charge >= 0.3 is 6.18 Å². The van der Waals surface area contributed by atoms with Crippen LogP contribution in [0.4, 0.5) is 23.4 Å². The van der Waals surface area contributed by atoms with E-state index in [1.54, 1.807) is 0 Å². The van der Waals surface area contributed by atoms with Crippen LogP contribution in [0.5, 0.6) is 0 Å². The lowest BCUT2D eigenvalue weighted by molar-refractivity contribution is -0.137. The monoisotopic (exact) mass is 389 g/mol. The van der Waals surface area contributed by atoms with E-state index < -0.39 is 17.7 Å². The number of anilines is 1. The number of rotatable bonds is 4. The number of halogens is 5. The van der Waals surface area contributed by atoms with E-state index in [1.807, 2.05) is 0 Å². The zero-order valence-corrected chi connectivity index (χ0v) is 14.4. The molecule has 140 valence electrons. The van der Waals surface area contributed by atoms with E-state index in [0.717, 1.165) is 25.0 Å². The maximum Gasteiger partial charge on any atom is 0.420 e. The molecule has 0 saturated carbocycles. The van der Waals surface area contributed by atoms with Gasteiger partial charge in [-0.05, 0) is 30.9 Å². The Morgan fingerprint density at radius 2 is 1.96 bits per heavy atom. The van der Waals surface area contributed by atoms with Crippen molar-refractivity contribution in [1.29, 1.82) is 0 Å². The SMILES string of the molecule is Fc1cc(-c2nc(NCC3CCOCC3)c(C(F)(F)F)cc2Cl)ccn1. The Balaban J connectivity index is 1.94. The van der Waals surface area contributed by atoms with Gasteiger partial charge in [0.2, 0.25) is 5.95 Å². The lowest BCUT2D eigenvalue weighted by atomic mass is 10.0. The molecule has 26 heavy (non-hydrogen) atoms. The van der Waals surface area contributed by atoms with E-state index in [0.29, 0.717) is 19.8 Å². The fourth-order valence-corrected chi connectivity index (χ4v) is 3.04. The minimum absolute atomic E-state index is 0.0652. The maximum absolute atomic E-state index is 13.4. The molecule has 3 rings (SSSR count). The van der Waals surface area contributed by atoms with E-state index in [1.165, 1.54) is 12.3 Å². The topological polar surface area (TPSA) is 47.0 Å². The summed E-state index contributed by atoms with van der Waals surface area (Å²) >= 11 is 5.99. The first-order chi connectivity index (χ1) is 12.3. The van der Waals surface area contributed by atoms with Gasteiger partial charge in [-0.15, -0.1) is 0 Å². The zero-order chi connectivity index (χ0) is 18.7. The molecule has 1 N–H and O–H groups in total. The zero-order valence-electron chi connectivity index (χ0n) is 13.6. The molecule has 0 atom stereocenters. The smallest absolute Gasteiger partial charge is 0.381 e. The van der Waals surface area contributed by atoms with E-state index in [-0.39, 0.29) is 28.0 Å². The van der Waals surface area contributed by atoms with Crippen molar-refractivity contribution in [3.63, 3.8) is 0 Å². The number of hydrogen-bond donors (Lipinski definition) is 1. The quantitative estimate of drug-likeness (QED) is 0.603. The van der Waals surface area contributed by atoms with Gasteiger partial charge < -0.3 is 10.1 Å². The normalized spacial score (nSPS) is 15.9. The maximum atomic E-state index is 13.4. The second kappa shape index (κ2) is 7.75. The van der Waals surface area contributed by atoms with Crippen LogP contribution in [0.2, 0.25) is 5.02 Å². The fourth-order valence-electron chi connectivity index (χ4n) is 2.78. The van der Waals surface area contributed by atoms with Gasteiger partial charge in [-0.3, -0.25) is 0 Å². The molecule has 1 fully saturated rings. The molecule has 2 aromatic heterocycles. The molecule has 0 unspecified atom stereocenters. The van der Waals surface area contributed by atoms with Crippen LogP contribution in [0.25, 0.3) is 11.3 Å². The summed E-state index contributed by atoms with van der Waals surface area (Å²) in [4.78, 5) is 7.47. The number of alkyl halides is 3. The molecule has 0 spiro atoms. The van der Waals surface area contributed by atoms with Crippen LogP contribution in [0.15, 0.2) is 24.4 Å². The summed E-state index contributed by atoms with van der Waals surface area (Å²) < 4.78 is 58.7. The van der Waals surface area contributed by atoms with E-state index in [4.69, 9.17) is 16.3 Å². The average Bonchev–Trinajstić information content (AvgIpc) is 2.60. The average molecular weight is 390 g/mol. The fraction of sp³-hybridized carbons (Fsp3) is 0.412. The Bertz CT molecular complexity index is 779. The predicted molar refractivity (Wildman–Crippen MR) is 89.5 cm³/mol. The van der Waals surface area contributed by atoms with E-state index >= 15 is 0 Å². The van der Waals surface area contributed by atoms with Crippen molar-refractivity contribution in [3.8, 4) is 11.3 Å². The number of pyridine rings is 2. The summed E-state index contributed by atoms with van der Waals surface area (Å²) in [6.45, 7) is 1.52. The highest BCUT2D eigenvalue weighted by Crippen LogP contribution is 2.39. The molecule has 2 aromatic rings. The summed E-state index contributed by atoms with van der Waals surface area (Å²) in [6.07, 6.45) is -1.87. The Morgan fingerprint density at radius 3 is 2.62 bits per heavy atom. The summed E-state index contributed by atoms with van der Waals surface area (Å²) in [7, 11) is 0. The van der Waals surface area contributed by atoms with Crippen LogP contribution in [-0.2, 0) is 10.9 Å². The van der Waals surface area contributed by atoms with E-state index in [9.17, 15) is 17.6 Å². The van der Waals surface area contributed by atoms with Crippen molar-refractivity contribution in [2.75, 3.05) is 25.1 Å². The molecule has 1 saturated heterocycles. The van der Waals surface area contributed by atoms with Crippen molar-refractivity contribution in [2.45, 2.75) is 19.0 Å². The molecule has 9 heteroatoms.